The van der Waals surface area contributed by atoms with Crippen molar-refractivity contribution in [3.63, 3.8) is 0 Å². The van der Waals surface area contributed by atoms with Gasteiger partial charge in [0.1, 0.15) is 12.0 Å². The number of rotatable bonds is 10. The second-order valence-electron chi connectivity index (χ2n) is 9.55. The van der Waals surface area contributed by atoms with E-state index in [2.05, 4.69) is 20.8 Å². The maximum atomic E-state index is 13.0. The minimum Gasteiger partial charge on any atom is -0.480 e. The van der Waals surface area contributed by atoms with Crippen LogP contribution in [-0.4, -0.2) is 45.4 Å². The second kappa shape index (κ2) is 10.3. The Morgan fingerprint density at radius 1 is 1.10 bits per heavy atom. The van der Waals surface area contributed by atoms with Gasteiger partial charge in [-0.25, -0.2) is 13.4 Å². The summed E-state index contributed by atoms with van der Waals surface area (Å²) in [4.78, 5) is 23.3. The van der Waals surface area contributed by atoms with Gasteiger partial charge in [0.2, 0.25) is 5.88 Å². The Morgan fingerprint density at radius 2 is 1.87 bits per heavy atom. The van der Waals surface area contributed by atoms with E-state index in [0.29, 0.717) is 18.5 Å². The fourth-order valence-corrected chi connectivity index (χ4v) is 5.79. The molecule has 0 aliphatic heterocycles. The van der Waals surface area contributed by atoms with Crippen LogP contribution in [0.4, 0.5) is 11.4 Å². The number of nitrogens with one attached hydrogen (secondary N) is 1. The number of aromatic nitrogens is 2. The Morgan fingerprint density at radius 3 is 2.54 bits per heavy atom. The van der Waals surface area contributed by atoms with E-state index in [1.807, 2.05) is 30.1 Å². The third-order valence-electron chi connectivity index (χ3n) is 7.01. The highest BCUT2D eigenvalue weighted by molar-refractivity contribution is 7.92. The van der Waals surface area contributed by atoms with E-state index < -0.39 is 15.4 Å². The summed E-state index contributed by atoms with van der Waals surface area (Å²) < 4.78 is 33.9. The molecule has 39 heavy (non-hydrogen) atoms. The number of aldehydes is 1. The first kappa shape index (κ1) is 26.1. The molecule has 1 aliphatic rings. The minimum absolute atomic E-state index is 0.121. The lowest BCUT2D eigenvalue weighted by Gasteiger charge is -2.25. The van der Waals surface area contributed by atoms with E-state index in [0.717, 1.165) is 46.8 Å². The van der Waals surface area contributed by atoms with E-state index in [4.69, 9.17) is 10.00 Å². The van der Waals surface area contributed by atoms with Crippen LogP contribution >= 0.6 is 0 Å². The zero-order chi connectivity index (χ0) is 27.6. The smallest absolute Gasteiger partial charge is 0.262 e. The van der Waals surface area contributed by atoms with Gasteiger partial charge in [-0.05, 0) is 54.3 Å². The monoisotopic (exact) mass is 541 g/mol. The standard InChI is InChI=1S/C29H27N5O4S/c1-34(14-6-13-30)26-18-31-24-10-9-20(15-23(24)27(26)29(19-35)11-12-29)21-16-25(28(38-2)32-17-21)33-39(36,37)22-7-4-3-5-8-22/h3-5,7-10,15-19,33H,6,11-12,14H2,1-2H3. The summed E-state index contributed by atoms with van der Waals surface area (Å²) in [6, 6.07) is 17.6. The molecule has 9 nitrogen and oxygen atoms in total. The molecule has 0 radical (unpaired) electrons. The number of hydrogen-bond donors (Lipinski definition) is 1. The molecule has 0 amide bonds. The van der Waals surface area contributed by atoms with Crippen molar-refractivity contribution in [1.29, 1.82) is 5.26 Å². The highest BCUT2D eigenvalue weighted by Crippen LogP contribution is 2.52. The average Bonchev–Trinajstić information content (AvgIpc) is 3.76. The molecular formula is C29H27N5O4S. The Bertz CT molecular complexity index is 1700. The lowest BCUT2D eigenvalue weighted by Crippen LogP contribution is -2.23. The third kappa shape index (κ3) is 5.01. The van der Waals surface area contributed by atoms with Gasteiger partial charge in [0.05, 0.1) is 47.3 Å². The number of anilines is 2. The topological polar surface area (TPSA) is 125 Å². The van der Waals surface area contributed by atoms with Gasteiger partial charge in [-0.2, -0.15) is 5.26 Å². The number of hydrogen-bond acceptors (Lipinski definition) is 8. The molecule has 0 spiro atoms. The molecule has 10 heteroatoms. The first-order chi connectivity index (χ1) is 18.8. The molecule has 198 valence electrons. The lowest BCUT2D eigenvalue weighted by atomic mass is 9.90. The Labute approximate surface area is 227 Å². The van der Waals surface area contributed by atoms with Crippen LogP contribution in [0, 0.1) is 11.3 Å². The normalized spacial score (nSPS) is 13.9. The molecule has 5 rings (SSSR count). The number of nitriles is 1. The Hall–Kier alpha value is -4.49. The number of pyridine rings is 2. The highest BCUT2D eigenvalue weighted by Gasteiger charge is 2.47. The summed E-state index contributed by atoms with van der Waals surface area (Å²) in [5.41, 5.74) is 3.51. The van der Waals surface area contributed by atoms with Crippen molar-refractivity contribution in [2.45, 2.75) is 29.6 Å². The van der Waals surface area contributed by atoms with Crippen LogP contribution in [0.1, 0.15) is 24.8 Å². The molecule has 0 saturated heterocycles. The molecule has 1 aliphatic carbocycles. The fourth-order valence-electron chi connectivity index (χ4n) is 4.72. The molecule has 0 bridgehead atoms. The number of fused-ring (bicyclic) bond motifs is 1. The maximum absolute atomic E-state index is 13.0. The summed E-state index contributed by atoms with van der Waals surface area (Å²) in [7, 11) is -0.549. The van der Waals surface area contributed by atoms with Gasteiger partial charge in [-0.15, -0.1) is 0 Å². The molecule has 4 aromatic rings. The van der Waals surface area contributed by atoms with Gasteiger partial charge in [0, 0.05) is 30.7 Å². The van der Waals surface area contributed by atoms with E-state index >= 15 is 0 Å². The van der Waals surface area contributed by atoms with Crippen LogP contribution in [0.25, 0.3) is 22.0 Å². The largest absolute Gasteiger partial charge is 0.480 e. The number of carbonyl (C=O) groups is 1. The number of nitrogens with zero attached hydrogens (tertiary/aromatic N) is 4. The van der Waals surface area contributed by atoms with E-state index in [1.54, 1.807) is 36.7 Å². The molecular weight excluding hydrogens is 514 g/mol. The van der Waals surface area contributed by atoms with Crippen molar-refractivity contribution in [1.82, 2.24) is 9.97 Å². The zero-order valence-corrected chi connectivity index (χ0v) is 22.4. The summed E-state index contributed by atoms with van der Waals surface area (Å²) in [5, 5.41) is 9.91. The minimum atomic E-state index is -3.87. The van der Waals surface area contributed by atoms with Gasteiger partial charge in [-0.1, -0.05) is 24.3 Å². The van der Waals surface area contributed by atoms with Crippen molar-refractivity contribution in [3.05, 3.63) is 72.6 Å². The zero-order valence-electron chi connectivity index (χ0n) is 21.6. The number of sulfonamides is 1. The highest BCUT2D eigenvalue weighted by atomic mass is 32.2. The molecule has 0 unspecified atom stereocenters. The van der Waals surface area contributed by atoms with Crippen LogP contribution in [-0.2, 0) is 20.2 Å². The quantitative estimate of drug-likeness (QED) is 0.287. The first-order valence-corrected chi connectivity index (χ1v) is 13.9. The SMILES string of the molecule is COc1ncc(-c2ccc3ncc(N(C)CCC#N)c(C4(C=O)CC4)c3c2)cc1NS(=O)(=O)c1ccccc1. The van der Waals surface area contributed by atoms with Crippen LogP contribution in [0.5, 0.6) is 5.88 Å². The van der Waals surface area contributed by atoms with Crippen LogP contribution in [0.2, 0.25) is 0 Å². The van der Waals surface area contributed by atoms with Crippen LogP contribution in [0.3, 0.4) is 0 Å². The van der Waals surface area contributed by atoms with Crippen molar-refractivity contribution in [3.8, 4) is 23.1 Å². The van der Waals surface area contributed by atoms with Gasteiger partial charge < -0.3 is 14.4 Å². The Kier molecular flexibility index (Phi) is 6.93. The number of methoxy groups -OCH3 is 1. The molecule has 2 aromatic carbocycles. The summed E-state index contributed by atoms with van der Waals surface area (Å²) in [5.74, 6) is 0.140. The van der Waals surface area contributed by atoms with Crippen molar-refractivity contribution < 1.29 is 17.9 Å². The molecule has 1 N–H and O–H groups in total. The molecule has 1 fully saturated rings. The fraction of sp³-hybridized carbons (Fsp3) is 0.241. The molecule has 2 heterocycles. The summed E-state index contributed by atoms with van der Waals surface area (Å²) >= 11 is 0. The van der Waals surface area contributed by atoms with Crippen molar-refractivity contribution in [2.75, 3.05) is 30.3 Å². The third-order valence-corrected chi connectivity index (χ3v) is 8.39. The van der Waals surface area contributed by atoms with Crippen LogP contribution in [0.15, 0.2) is 71.9 Å². The summed E-state index contributed by atoms with van der Waals surface area (Å²) in [6.45, 7) is 0.513. The maximum Gasteiger partial charge on any atom is 0.262 e. The van der Waals surface area contributed by atoms with E-state index in [1.165, 1.54) is 19.2 Å². The van der Waals surface area contributed by atoms with Gasteiger partial charge in [0.25, 0.3) is 10.0 Å². The Balaban J connectivity index is 1.61. The van der Waals surface area contributed by atoms with Gasteiger partial charge >= 0.3 is 0 Å². The first-order valence-electron chi connectivity index (χ1n) is 12.4. The number of benzene rings is 2. The predicted molar refractivity (Wildman–Crippen MR) is 149 cm³/mol. The van der Waals surface area contributed by atoms with Crippen molar-refractivity contribution in [2.24, 2.45) is 0 Å². The lowest BCUT2D eigenvalue weighted by molar-refractivity contribution is -0.109. The van der Waals surface area contributed by atoms with Crippen molar-refractivity contribution >= 4 is 38.6 Å². The predicted octanol–water partition coefficient (Wildman–Crippen LogP) is 4.69. The molecule has 2 aromatic heterocycles. The van der Waals surface area contributed by atoms with Crippen LogP contribution < -0.4 is 14.4 Å². The molecule has 1 saturated carbocycles. The number of carbonyl (C=O) groups excluding carboxylic acids is 1. The average molecular weight is 542 g/mol. The van der Waals surface area contributed by atoms with Gasteiger partial charge in [-0.3, -0.25) is 9.71 Å². The number of ether oxygens (including phenoxy) is 1. The summed E-state index contributed by atoms with van der Waals surface area (Å²) in [6.07, 6.45) is 6.23. The molecule has 0 atom stereocenters. The van der Waals surface area contributed by atoms with E-state index in [9.17, 15) is 13.2 Å². The van der Waals surface area contributed by atoms with Gasteiger partial charge in [0.15, 0.2) is 0 Å². The second-order valence-corrected chi connectivity index (χ2v) is 11.2. The van der Waals surface area contributed by atoms with E-state index in [-0.39, 0.29) is 16.5 Å².